The van der Waals surface area contributed by atoms with Crippen molar-refractivity contribution in [2.75, 3.05) is 20.7 Å². The average molecular weight is 347 g/mol. The van der Waals surface area contributed by atoms with Crippen molar-refractivity contribution in [3.05, 3.63) is 47.5 Å². The van der Waals surface area contributed by atoms with E-state index in [1.54, 1.807) is 11.3 Å². The lowest BCUT2D eigenvalue weighted by atomic mass is 10.2. The highest BCUT2D eigenvalue weighted by Gasteiger charge is 2.13. The molecule has 1 aromatic heterocycles. The maximum absolute atomic E-state index is 6.07. The van der Waals surface area contributed by atoms with Crippen molar-refractivity contribution < 1.29 is 4.74 Å². The number of para-hydroxylation sites is 1. The average Bonchev–Trinajstić information content (AvgIpc) is 2.95. The summed E-state index contributed by atoms with van der Waals surface area (Å²) in [6.45, 7) is 2.78. The molecule has 0 aliphatic rings. The van der Waals surface area contributed by atoms with E-state index in [1.165, 1.54) is 0 Å². The Balaban J connectivity index is 1.92. The lowest BCUT2D eigenvalue weighted by molar-refractivity contribution is 0.199. The van der Waals surface area contributed by atoms with Gasteiger partial charge in [0.2, 0.25) is 0 Å². The number of halogens is 1. The summed E-state index contributed by atoms with van der Waals surface area (Å²) in [7, 11) is 4.11. The third-order valence-corrected chi connectivity index (χ3v) is 5.12. The highest BCUT2D eigenvalue weighted by molar-refractivity contribution is 7.21. The highest BCUT2D eigenvalue weighted by atomic mass is 35.5. The van der Waals surface area contributed by atoms with Crippen LogP contribution in [-0.2, 0) is 0 Å². The van der Waals surface area contributed by atoms with Gasteiger partial charge in [-0.25, -0.2) is 4.98 Å². The molecule has 0 saturated heterocycles. The van der Waals surface area contributed by atoms with Crippen molar-refractivity contribution in [3.8, 4) is 16.3 Å². The van der Waals surface area contributed by atoms with Crippen LogP contribution in [0.5, 0.6) is 5.75 Å². The standard InChI is InChI=1S/C18H19ClN2OS/c1-12(21(2)3)11-22-16-7-5-4-6-14(16)18-20-15-9-8-13(19)10-17(15)23-18/h4-10,12H,11H2,1-3H3. The van der Waals surface area contributed by atoms with Crippen molar-refractivity contribution in [1.82, 2.24) is 9.88 Å². The minimum atomic E-state index is 0.345. The van der Waals surface area contributed by atoms with Gasteiger partial charge in [-0.2, -0.15) is 0 Å². The molecule has 3 rings (SSSR count). The molecule has 2 aromatic carbocycles. The molecular formula is C18H19ClN2OS. The topological polar surface area (TPSA) is 25.4 Å². The van der Waals surface area contributed by atoms with Crippen molar-refractivity contribution in [3.63, 3.8) is 0 Å². The third kappa shape index (κ3) is 3.66. The molecule has 1 heterocycles. The lowest BCUT2D eigenvalue weighted by Crippen LogP contribution is -2.30. The Morgan fingerprint density at radius 3 is 2.78 bits per heavy atom. The van der Waals surface area contributed by atoms with E-state index in [0.29, 0.717) is 12.6 Å². The van der Waals surface area contributed by atoms with Gasteiger partial charge in [-0.15, -0.1) is 11.3 Å². The van der Waals surface area contributed by atoms with Crippen molar-refractivity contribution in [2.24, 2.45) is 0 Å². The van der Waals surface area contributed by atoms with Crippen LogP contribution in [0.25, 0.3) is 20.8 Å². The Morgan fingerprint density at radius 1 is 1.22 bits per heavy atom. The van der Waals surface area contributed by atoms with Crippen molar-refractivity contribution in [2.45, 2.75) is 13.0 Å². The van der Waals surface area contributed by atoms with Crippen LogP contribution in [-0.4, -0.2) is 36.6 Å². The number of rotatable bonds is 5. The van der Waals surface area contributed by atoms with Gasteiger partial charge in [0.25, 0.3) is 0 Å². The fourth-order valence-corrected chi connectivity index (χ4v) is 3.41. The predicted molar refractivity (Wildman–Crippen MR) is 98.7 cm³/mol. The molecular weight excluding hydrogens is 328 g/mol. The van der Waals surface area contributed by atoms with Crippen LogP contribution in [0.15, 0.2) is 42.5 Å². The van der Waals surface area contributed by atoms with E-state index in [9.17, 15) is 0 Å². The zero-order valence-electron chi connectivity index (χ0n) is 13.4. The van der Waals surface area contributed by atoms with E-state index < -0.39 is 0 Å². The van der Waals surface area contributed by atoms with Crippen molar-refractivity contribution >= 4 is 33.2 Å². The molecule has 1 unspecified atom stereocenters. The maximum Gasteiger partial charge on any atom is 0.129 e. The Hall–Kier alpha value is -1.62. The number of ether oxygens (including phenoxy) is 1. The second kappa shape index (κ2) is 6.87. The normalized spacial score (nSPS) is 12.7. The van der Waals surface area contributed by atoms with Gasteiger partial charge in [-0.1, -0.05) is 23.7 Å². The Kier molecular flexibility index (Phi) is 4.85. The number of aromatic nitrogens is 1. The fraction of sp³-hybridized carbons (Fsp3) is 0.278. The molecule has 0 radical (unpaired) electrons. The van der Waals surface area contributed by atoms with Crippen LogP contribution >= 0.6 is 22.9 Å². The van der Waals surface area contributed by atoms with Gasteiger partial charge in [0, 0.05) is 11.1 Å². The van der Waals surface area contributed by atoms with E-state index in [-0.39, 0.29) is 0 Å². The number of benzene rings is 2. The van der Waals surface area contributed by atoms with Crippen LogP contribution in [0.3, 0.4) is 0 Å². The fourth-order valence-electron chi connectivity index (χ4n) is 2.14. The van der Waals surface area contributed by atoms with Gasteiger partial charge in [0.15, 0.2) is 0 Å². The summed E-state index contributed by atoms with van der Waals surface area (Å²) < 4.78 is 7.12. The van der Waals surface area contributed by atoms with E-state index >= 15 is 0 Å². The molecule has 3 aromatic rings. The van der Waals surface area contributed by atoms with Crippen LogP contribution in [0.1, 0.15) is 6.92 Å². The molecule has 0 saturated carbocycles. The van der Waals surface area contributed by atoms with Gasteiger partial charge in [-0.3, -0.25) is 0 Å². The van der Waals surface area contributed by atoms with E-state index in [2.05, 4.69) is 32.0 Å². The Bertz CT molecular complexity index is 816. The summed E-state index contributed by atoms with van der Waals surface area (Å²) >= 11 is 7.70. The Labute approximate surface area is 145 Å². The quantitative estimate of drug-likeness (QED) is 0.654. The number of likely N-dealkylation sites (N-methyl/N-ethyl adjacent to an activating group) is 1. The summed E-state index contributed by atoms with van der Waals surface area (Å²) in [5.74, 6) is 0.867. The van der Waals surface area contributed by atoms with Gasteiger partial charge < -0.3 is 9.64 Å². The minimum absolute atomic E-state index is 0.345. The summed E-state index contributed by atoms with van der Waals surface area (Å²) in [6, 6.07) is 14.2. The van der Waals surface area contributed by atoms with Crippen LogP contribution < -0.4 is 4.74 Å². The van der Waals surface area contributed by atoms with Crippen LogP contribution in [0.4, 0.5) is 0 Å². The third-order valence-electron chi connectivity index (χ3n) is 3.83. The molecule has 0 amide bonds. The second-order valence-electron chi connectivity index (χ2n) is 5.75. The molecule has 0 bridgehead atoms. The SMILES string of the molecule is CC(COc1ccccc1-c1nc2ccc(Cl)cc2s1)N(C)C. The zero-order chi connectivity index (χ0) is 16.4. The van der Waals surface area contributed by atoms with Gasteiger partial charge in [0.05, 0.1) is 15.8 Å². The minimum Gasteiger partial charge on any atom is -0.491 e. The molecule has 23 heavy (non-hydrogen) atoms. The molecule has 0 aliphatic carbocycles. The number of thiazole rings is 1. The Morgan fingerprint density at radius 2 is 2.00 bits per heavy atom. The van der Waals surface area contributed by atoms with Crippen LogP contribution in [0.2, 0.25) is 5.02 Å². The van der Waals surface area contributed by atoms with Gasteiger partial charge >= 0.3 is 0 Å². The van der Waals surface area contributed by atoms with Crippen LogP contribution in [0, 0.1) is 0 Å². The monoisotopic (exact) mass is 346 g/mol. The molecule has 120 valence electrons. The lowest BCUT2D eigenvalue weighted by Gasteiger charge is -2.20. The summed E-state index contributed by atoms with van der Waals surface area (Å²) in [5.41, 5.74) is 1.99. The van der Waals surface area contributed by atoms with Crippen molar-refractivity contribution in [1.29, 1.82) is 0 Å². The second-order valence-corrected chi connectivity index (χ2v) is 7.22. The summed E-state index contributed by atoms with van der Waals surface area (Å²) in [4.78, 5) is 6.86. The zero-order valence-corrected chi connectivity index (χ0v) is 15.0. The first-order chi connectivity index (χ1) is 11.0. The summed E-state index contributed by atoms with van der Waals surface area (Å²) in [5, 5.41) is 1.69. The molecule has 5 heteroatoms. The number of nitrogens with zero attached hydrogens (tertiary/aromatic N) is 2. The van der Waals surface area contributed by atoms with E-state index in [1.807, 2.05) is 36.4 Å². The number of hydrogen-bond acceptors (Lipinski definition) is 4. The maximum atomic E-state index is 6.07. The number of fused-ring (bicyclic) bond motifs is 1. The molecule has 1 atom stereocenters. The largest absolute Gasteiger partial charge is 0.491 e. The molecule has 0 aliphatic heterocycles. The van der Waals surface area contributed by atoms with E-state index in [4.69, 9.17) is 21.3 Å². The van der Waals surface area contributed by atoms with E-state index in [0.717, 1.165) is 31.6 Å². The summed E-state index contributed by atoms with van der Waals surface area (Å²) in [6.07, 6.45) is 0. The predicted octanol–water partition coefficient (Wildman–Crippen LogP) is 4.95. The first-order valence-electron chi connectivity index (χ1n) is 7.49. The smallest absolute Gasteiger partial charge is 0.129 e. The molecule has 0 fully saturated rings. The van der Waals surface area contributed by atoms with Gasteiger partial charge in [-0.05, 0) is 51.4 Å². The molecule has 3 nitrogen and oxygen atoms in total. The van der Waals surface area contributed by atoms with Gasteiger partial charge in [0.1, 0.15) is 17.4 Å². The molecule has 0 N–H and O–H groups in total. The first kappa shape index (κ1) is 16.2. The number of hydrogen-bond donors (Lipinski definition) is 0. The first-order valence-corrected chi connectivity index (χ1v) is 8.69. The molecule has 0 spiro atoms. The highest BCUT2D eigenvalue weighted by Crippen LogP contribution is 2.36.